The van der Waals surface area contributed by atoms with Gasteiger partial charge in [-0.1, -0.05) is 18.2 Å². The molecule has 0 aliphatic rings. The lowest BCUT2D eigenvalue weighted by Crippen LogP contribution is -2.03. The number of thiophene rings is 1. The molecule has 2 aromatic heterocycles. The summed E-state index contributed by atoms with van der Waals surface area (Å²) < 4.78 is 0. The lowest BCUT2D eigenvalue weighted by molar-refractivity contribution is 0.162. The minimum absolute atomic E-state index is 0.577. The van der Waals surface area contributed by atoms with Gasteiger partial charge in [-0.25, -0.2) is 0 Å². The molecule has 0 radical (unpaired) electrons. The standard InChI is InChI=1S/C15H15N3OS/c19-15(7-6-12-8-9-20-11-12)14-10-16-18(17-14)13-4-2-1-3-5-13/h1-5,8-11,15,19H,6-7H2. The molecule has 0 aliphatic heterocycles. The Balaban J connectivity index is 1.67. The van der Waals surface area contributed by atoms with Gasteiger partial charge in [0.2, 0.25) is 0 Å². The van der Waals surface area contributed by atoms with Crippen molar-refractivity contribution >= 4 is 11.3 Å². The first-order valence-corrected chi connectivity index (χ1v) is 7.44. The lowest BCUT2D eigenvalue weighted by atomic mass is 10.1. The summed E-state index contributed by atoms with van der Waals surface area (Å²) in [6.07, 6.45) is 2.56. The van der Waals surface area contributed by atoms with Crippen LogP contribution in [0.4, 0.5) is 0 Å². The third kappa shape index (κ3) is 2.95. The predicted molar refractivity (Wildman–Crippen MR) is 79.0 cm³/mol. The molecular weight excluding hydrogens is 270 g/mol. The third-order valence-corrected chi connectivity index (χ3v) is 3.86. The molecule has 0 saturated heterocycles. The number of para-hydroxylation sites is 1. The number of aryl methyl sites for hydroxylation is 1. The molecule has 1 unspecified atom stereocenters. The zero-order valence-electron chi connectivity index (χ0n) is 10.9. The van der Waals surface area contributed by atoms with Gasteiger partial charge >= 0.3 is 0 Å². The van der Waals surface area contributed by atoms with Crippen LogP contribution in [0.25, 0.3) is 5.69 Å². The highest BCUT2D eigenvalue weighted by Gasteiger charge is 2.12. The van der Waals surface area contributed by atoms with Crippen LogP contribution in [0.5, 0.6) is 0 Å². The van der Waals surface area contributed by atoms with E-state index in [0.29, 0.717) is 12.1 Å². The second kappa shape index (κ2) is 5.98. The molecule has 3 aromatic rings. The summed E-state index contributed by atoms with van der Waals surface area (Å²) in [5, 5.41) is 22.9. The van der Waals surface area contributed by atoms with Gasteiger partial charge in [0.1, 0.15) is 5.69 Å². The minimum atomic E-state index is -0.577. The zero-order chi connectivity index (χ0) is 13.8. The first-order valence-electron chi connectivity index (χ1n) is 6.50. The van der Waals surface area contributed by atoms with Crippen molar-refractivity contribution in [2.45, 2.75) is 18.9 Å². The maximum atomic E-state index is 10.2. The third-order valence-electron chi connectivity index (χ3n) is 3.12. The fraction of sp³-hybridized carbons (Fsp3) is 0.200. The summed E-state index contributed by atoms with van der Waals surface area (Å²) in [5.41, 5.74) is 2.76. The number of aromatic nitrogens is 3. The van der Waals surface area contributed by atoms with Crippen LogP contribution in [0.2, 0.25) is 0 Å². The average molecular weight is 285 g/mol. The Morgan fingerprint density at radius 1 is 1.20 bits per heavy atom. The van der Waals surface area contributed by atoms with Crippen LogP contribution in [0.15, 0.2) is 53.4 Å². The Labute approximate surface area is 121 Å². The van der Waals surface area contributed by atoms with Gasteiger partial charge in [-0.3, -0.25) is 0 Å². The highest BCUT2D eigenvalue weighted by atomic mass is 32.1. The number of aliphatic hydroxyl groups is 1. The number of nitrogens with zero attached hydrogens (tertiary/aromatic N) is 3. The van der Waals surface area contributed by atoms with Crippen molar-refractivity contribution in [1.29, 1.82) is 0 Å². The van der Waals surface area contributed by atoms with Crippen LogP contribution in [-0.2, 0) is 6.42 Å². The molecule has 1 N–H and O–H groups in total. The molecule has 0 fully saturated rings. The highest BCUT2D eigenvalue weighted by Crippen LogP contribution is 2.18. The van der Waals surface area contributed by atoms with Gasteiger partial charge in [-0.2, -0.15) is 26.3 Å². The number of hydrogen-bond acceptors (Lipinski definition) is 4. The van der Waals surface area contributed by atoms with E-state index >= 15 is 0 Å². The van der Waals surface area contributed by atoms with E-state index in [-0.39, 0.29) is 0 Å². The van der Waals surface area contributed by atoms with Gasteiger partial charge in [0.05, 0.1) is 18.0 Å². The molecular formula is C15H15N3OS. The smallest absolute Gasteiger partial charge is 0.112 e. The van der Waals surface area contributed by atoms with Crippen LogP contribution >= 0.6 is 11.3 Å². The van der Waals surface area contributed by atoms with Gasteiger partial charge in [0.15, 0.2) is 0 Å². The molecule has 4 nitrogen and oxygen atoms in total. The SMILES string of the molecule is OC(CCc1ccsc1)c1cnn(-c2ccccc2)n1. The van der Waals surface area contributed by atoms with Crippen molar-refractivity contribution in [3.63, 3.8) is 0 Å². The van der Waals surface area contributed by atoms with E-state index in [2.05, 4.69) is 21.6 Å². The largest absolute Gasteiger partial charge is 0.387 e. The van der Waals surface area contributed by atoms with E-state index in [0.717, 1.165) is 12.1 Å². The first kappa shape index (κ1) is 13.0. The Morgan fingerprint density at radius 3 is 2.80 bits per heavy atom. The summed E-state index contributed by atoms with van der Waals surface area (Å²) in [5.74, 6) is 0. The normalized spacial score (nSPS) is 12.4. The highest BCUT2D eigenvalue weighted by molar-refractivity contribution is 7.07. The van der Waals surface area contributed by atoms with E-state index in [1.807, 2.05) is 35.7 Å². The Hall–Kier alpha value is -1.98. The molecule has 0 amide bonds. The molecule has 1 atom stereocenters. The van der Waals surface area contributed by atoms with Gasteiger partial charge in [-0.15, -0.1) is 0 Å². The molecule has 1 aromatic carbocycles. The second-order valence-electron chi connectivity index (χ2n) is 4.58. The topological polar surface area (TPSA) is 50.9 Å². The average Bonchev–Trinajstić information content (AvgIpc) is 3.17. The maximum Gasteiger partial charge on any atom is 0.112 e. The lowest BCUT2D eigenvalue weighted by Gasteiger charge is -2.05. The molecule has 3 rings (SSSR count). The fourth-order valence-electron chi connectivity index (χ4n) is 2.00. The van der Waals surface area contributed by atoms with Crippen molar-refractivity contribution in [1.82, 2.24) is 15.0 Å². The molecule has 0 saturated carbocycles. The quantitative estimate of drug-likeness (QED) is 0.784. The second-order valence-corrected chi connectivity index (χ2v) is 5.36. The predicted octanol–water partition coefficient (Wildman–Crippen LogP) is 3.00. The van der Waals surface area contributed by atoms with Crippen molar-refractivity contribution in [3.05, 3.63) is 64.6 Å². The Bertz CT molecular complexity index is 649. The fourth-order valence-corrected chi connectivity index (χ4v) is 2.70. The Morgan fingerprint density at radius 2 is 2.05 bits per heavy atom. The van der Waals surface area contributed by atoms with Crippen LogP contribution in [0, 0.1) is 0 Å². The van der Waals surface area contributed by atoms with Gasteiger partial charge in [0, 0.05) is 0 Å². The number of aliphatic hydroxyl groups excluding tert-OH is 1. The zero-order valence-corrected chi connectivity index (χ0v) is 11.7. The number of rotatable bonds is 5. The maximum absolute atomic E-state index is 10.2. The molecule has 2 heterocycles. The summed E-state index contributed by atoms with van der Waals surface area (Å²) in [7, 11) is 0. The summed E-state index contributed by atoms with van der Waals surface area (Å²) in [6.45, 7) is 0. The van der Waals surface area contributed by atoms with E-state index in [1.54, 1.807) is 22.3 Å². The number of benzene rings is 1. The van der Waals surface area contributed by atoms with Crippen LogP contribution in [0.1, 0.15) is 23.8 Å². The van der Waals surface area contributed by atoms with Crippen molar-refractivity contribution in [2.24, 2.45) is 0 Å². The summed E-state index contributed by atoms with van der Waals surface area (Å²) in [6, 6.07) is 11.8. The van der Waals surface area contributed by atoms with Gasteiger partial charge < -0.3 is 5.11 Å². The van der Waals surface area contributed by atoms with E-state index in [9.17, 15) is 5.11 Å². The molecule has 0 aliphatic carbocycles. The molecule has 102 valence electrons. The van der Waals surface area contributed by atoms with Gasteiger partial charge in [0.25, 0.3) is 0 Å². The summed E-state index contributed by atoms with van der Waals surface area (Å²) >= 11 is 1.67. The molecule has 0 spiro atoms. The Kier molecular flexibility index (Phi) is 3.90. The number of hydrogen-bond donors (Lipinski definition) is 1. The van der Waals surface area contributed by atoms with Crippen molar-refractivity contribution in [3.8, 4) is 5.69 Å². The monoisotopic (exact) mass is 285 g/mol. The van der Waals surface area contributed by atoms with Crippen molar-refractivity contribution in [2.75, 3.05) is 0 Å². The molecule has 0 bridgehead atoms. The van der Waals surface area contributed by atoms with Crippen LogP contribution in [0.3, 0.4) is 0 Å². The van der Waals surface area contributed by atoms with Crippen LogP contribution in [-0.4, -0.2) is 20.1 Å². The molecule has 20 heavy (non-hydrogen) atoms. The van der Waals surface area contributed by atoms with E-state index in [4.69, 9.17) is 0 Å². The van der Waals surface area contributed by atoms with E-state index in [1.165, 1.54) is 5.56 Å². The van der Waals surface area contributed by atoms with Crippen LogP contribution < -0.4 is 0 Å². The summed E-state index contributed by atoms with van der Waals surface area (Å²) in [4.78, 5) is 1.54. The van der Waals surface area contributed by atoms with Crippen molar-refractivity contribution < 1.29 is 5.11 Å². The first-order chi connectivity index (χ1) is 9.83. The van der Waals surface area contributed by atoms with E-state index < -0.39 is 6.10 Å². The van der Waals surface area contributed by atoms with Gasteiger partial charge in [-0.05, 0) is 47.4 Å². The minimum Gasteiger partial charge on any atom is -0.387 e. The molecule has 5 heteroatoms.